The molecule has 9 heteroatoms. The molecule has 0 aromatic heterocycles. The summed E-state index contributed by atoms with van der Waals surface area (Å²) in [4.78, 5) is 28.3. The van der Waals surface area contributed by atoms with Gasteiger partial charge in [0.05, 0.1) is 22.1 Å². The first-order valence-corrected chi connectivity index (χ1v) is 13.1. The van der Waals surface area contributed by atoms with Gasteiger partial charge in [-0.1, -0.05) is 23.7 Å². The third-order valence-corrected chi connectivity index (χ3v) is 9.76. The molecule has 0 radical (unpaired) electrons. The number of benzene rings is 1. The molecule has 1 aromatic carbocycles. The highest BCUT2D eigenvalue weighted by molar-refractivity contribution is 7.92. The molecule has 7 nitrogen and oxygen atoms in total. The van der Waals surface area contributed by atoms with Gasteiger partial charge in [-0.15, -0.1) is 0 Å². The Morgan fingerprint density at radius 3 is 2.32 bits per heavy atom. The lowest BCUT2D eigenvalue weighted by atomic mass is 9.94. The fourth-order valence-electron chi connectivity index (χ4n) is 4.66. The number of nitrogens with zero attached hydrogens (tertiary/aromatic N) is 1. The number of sulfone groups is 1. The lowest BCUT2D eigenvalue weighted by Gasteiger charge is -2.29. The van der Waals surface area contributed by atoms with E-state index in [-0.39, 0.29) is 36.5 Å². The predicted octanol–water partition coefficient (Wildman–Crippen LogP) is 1.73. The van der Waals surface area contributed by atoms with Gasteiger partial charge in [-0.25, -0.2) is 8.42 Å². The standard InChI is InChI=1S/C22H28ClN3O4S/c23-16-5-3-15(4-6-16)21(7-8-21)20(28)26-12-17(31(29,30)13-14-1-2-14)11-18(26)19(27)25-22(24)9-10-22/h3-6,14,17-18H,1-2,7-13,24H2,(H,25,27)/t17-,18+/m1/s1. The fraction of sp³-hybridized carbons (Fsp3) is 0.636. The molecule has 3 aliphatic carbocycles. The van der Waals surface area contributed by atoms with Crippen molar-refractivity contribution >= 4 is 33.3 Å². The second-order valence-electron chi connectivity index (χ2n) is 9.84. The van der Waals surface area contributed by atoms with Crippen LogP contribution in [0, 0.1) is 5.92 Å². The molecule has 1 aromatic rings. The number of carbonyl (C=O) groups excluding carboxylic acids is 2. The van der Waals surface area contributed by atoms with Crippen molar-refractivity contribution in [1.82, 2.24) is 10.2 Å². The zero-order valence-electron chi connectivity index (χ0n) is 17.3. The molecular weight excluding hydrogens is 438 g/mol. The summed E-state index contributed by atoms with van der Waals surface area (Å²) in [6.45, 7) is 0.0683. The van der Waals surface area contributed by atoms with Gasteiger partial charge < -0.3 is 16.0 Å². The lowest BCUT2D eigenvalue weighted by molar-refractivity contribution is -0.140. The van der Waals surface area contributed by atoms with Crippen LogP contribution in [0.3, 0.4) is 0 Å². The van der Waals surface area contributed by atoms with Crippen molar-refractivity contribution in [2.75, 3.05) is 12.3 Å². The summed E-state index contributed by atoms with van der Waals surface area (Å²) in [5.41, 5.74) is 5.52. The molecule has 1 heterocycles. The Labute approximate surface area is 187 Å². The van der Waals surface area contributed by atoms with Gasteiger partial charge >= 0.3 is 0 Å². The second kappa shape index (κ2) is 7.18. The summed E-state index contributed by atoms with van der Waals surface area (Å²) in [5, 5.41) is 2.72. The molecule has 5 rings (SSSR count). The van der Waals surface area contributed by atoms with Gasteiger partial charge in [-0.2, -0.15) is 0 Å². The summed E-state index contributed by atoms with van der Waals surface area (Å²) < 4.78 is 26.0. The van der Waals surface area contributed by atoms with Crippen molar-refractivity contribution < 1.29 is 18.0 Å². The Bertz CT molecular complexity index is 1010. The zero-order chi connectivity index (χ0) is 22.0. The Hall–Kier alpha value is -1.64. The van der Waals surface area contributed by atoms with Gasteiger partial charge in [0.15, 0.2) is 9.84 Å². The SMILES string of the molecule is NC1(NC(=O)[C@@H]2C[C@@H](S(=O)(=O)CC3CC3)CN2C(=O)C2(c3ccc(Cl)cc3)CC2)CC1. The van der Waals surface area contributed by atoms with Crippen LogP contribution in [0.5, 0.6) is 0 Å². The number of hydrogen-bond acceptors (Lipinski definition) is 5. The van der Waals surface area contributed by atoms with Crippen molar-refractivity contribution in [2.45, 2.75) is 67.3 Å². The van der Waals surface area contributed by atoms with Gasteiger partial charge in [0.1, 0.15) is 6.04 Å². The van der Waals surface area contributed by atoms with Crippen LogP contribution in [-0.4, -0.2) is 54.4 Å². The lowest BCUT2D eigenvalue weighted by Crippen LogP contribution is -2.54. The molecule has 168 valence electrons. The zero-order valence-corrected chi connectivity index (χ0v) is 18.9. The van der Waals surface area contributed by atoms with Crippen LogP contribution in [0.1, 0.15) is 50.5 Å². The van der Waals surface area contributed by atoms with Crippen LogP contribution >= 0.6 is 11.6 Å². The Morgan fingerprint density at radius 2 is 1.77 bits per heavy atom. The Balaban J connectivity index is 1.41. The first-order chi connectivity index (χ1) is 14.6. The van der Waals surface area contributed by atoms with Crippen LogP contribution in [0.15, 0.2) is 24.3 Å². The monoisotopic (exact) mass is 465 g/mol. The van der Waals surface area contributed by atoms with Crippen LogP contribution in [0.4, 0.5) is 0 Å². The second-order valence-corrected chi connectivity index (χ2v) is 12.6. The van der Waals surface area contributed by atoms with E-state index in [1.165, 1.54) is 4.90 Å². The molecule has 1 saturated heterocycles. The van der Waals surface area contributed by atoms with Crippen LogP contribution in [-0.2, 0) is 24.8 Å². The first-order valence-electron chi connectivity index (χ1n) is 11.0. The third-order valence-electron chi connectivity index (χ3n) is 7.22. The number of nitrogens with two attached hydrogens (primary N) is 1. The average molecular weight is 466 g/mol. The minimum Gasteiger partial charge on any atom is -0.336 e. The van der Waals surface area contributed by atoms with E-state index in [2.05, 4.69) is 5.32 Å². The number of likely N-dealkylation sites (tertiary alicyclic amines) is 1. The molecular formula is C22H28ClN3O4S. The van der Waals surface area contributed by atoms with Gasteiger partial charge in [0.2, 0.25) is 11.8 Å². The summed E-state index contributed by atoms with van der Waals surface area (Å²) in [6, 6.07) is 6.40. The van der Waals surface area contributed by atoms with Crippen molar-refractivity contribution in [3.05, 3.63) is 34.9 Å². The fourth-order valence-corrected chi connectivity index (χ4v) is 6.91. The molecule has 2 amide bonds. The summed E-state index contributed by atoms with van der Waals surface area (Å²) in [6.07, 6.45) is 4.76. The number of halogens is 1. The topological polar surface area (TPSA) is 110 Å². The molecule has 0 spiro atoms. The molecule has 31 heavy (non-hydrogen) atoms. The van der Waals surface area contributed by atoms with Gasteiger partial charge in [-0.05, 0) is 68.6 Å². The highest BCUT2D eigenvalue weighted by Crippen LogP contribution is 2.51. The van der Waals surface area contributed by atoms with Crippen molar-refractivity contribution in [1.29, 1.82) is 0 Å². The molecule has 2 atom stereocenters. The van der Waals surface area contributed by atoms with Gasteiger partial charge in [0, 0.05) is 11.6 Å². The summed E-state index contributed by atoms with van der Waals surface area (Å²) in [7, 11) is -3.38. The number of hydrogen-bond donors (Lipinski definition) is 2. The van der Waals surface area contributed by atoms with Crippen LogP contribution in [0.25, 0.3) is 0 Å². The van der Waals surface area contributed by atoms with Crippen molar-refractivity contribution in [3.63, 3.8) is 0 Å². The maximum atomic E-state index is 13.7. The summed E-state index contributed by atoms with van der Waals surface area (Å²) in [5.74, 6) is -0.132. The quantitative estimate of drug-likeness (QED) is 0.596. The summed E-state index contributed by atoms with van der Waals surface area (Å²) >= 11 is 6.01. The normalized spacial score (nSPS) is 28.3. The molecule has 1 aliphatic heterocycles. The van der Waals surface area contributed by atoms with E-state index in [0.717, 1.165) is 18.4 Å². The van der Waals surface area contributed by atoms with E-state index in [1.54, 1.807) is 12.1 Å². The Kier molecular flexibility index (Phi) is 4.92. The maximum absolute atomic E-state index is 13.7. The number of carbonyl (C=O) groups is 2. The van der Waals surface area contributed by atoms with E-state index in [0.29, 0.717) is 30.7 Å². The highest BCUT2D eigenvalue weighted by atomic mass is 35.5. The first kappa shape index (κ1) is 21.2. The third kappa shape index (κ3) is 4.10. The number of rotatable bonds is 7. The van der Waals surface area contributed by atoms with Crippen LogP contribution in [0.2, 0.25) is 5.02 Å². The van der Waals surface area contributed by atoms with Crippen molar-refractivity contribution in [3.8, 4) is 0 Å². The molecule has 4 fully saturated rings. The molecule has 4 aliphatic rings. The predicted molar refractivity (Wildman–Crippen MR) is 117 cm³/mol. The van der Waals surface area contributed by atoms with Gasteiger partial charge in [-0.3, -0.25) is 9.59 Å². The number of amides is 2. The van der Waals surface area contributed by atoms with Gasteiger partial charge in [0.25, 0.3) is 0 Å². The van der Waals surface area contributed by atoms with E-state index >= 15 is 0 Å². The average Bonchev–Trinajstić information content (AvgIpc) is 3.64. The highest BCUT2D eigenvalue weighted by Gasteiger charge is 2.57. The molecule has 3 N–H and O–H groups in total. The molecule has 3 saturated carbocycles. The van der Waals surface area contributed by atoms with E-state index in [1.807, 2.05) is 12.1 Å². The van der Waals surface area contributed by atoms with Crippen LogP contribution < -0.4 is 11.1 Å². The minimum absolute atomic E-state index is 0.0683. The smallest absolute Gasteiger partial charge is 0.244 e. The van der Waals surface area contributed by atoms with E-state index in [9.17, 15) is 18.0 Å². The number of nitrogens with one attached hydrogen (secondary N) is 1. The Morgan fingerprint density at radius 1 is 1.13 bits per heavy atom. The van der Waals surface area contributed by atoms with Crippen molar-refractivity contribution in [2.24, 2.45) is 11.7 Å². The van der Waals surface area contributed by atoms with E-state index in [4.69, 9.17) is 17.3 Å². The maximum Gasteiger partial charge on any atom is 0.244 e. The minimum atomic E-state index is -3.38. The molecule has 0 unspecified atom stereocenters. The molecule has 0 bridgehead atoms. The largest absolute Gasteiger partial charge is 0.336 e. The van der Waals surface area contributed by atoms with E-state index < -0.39 is 32.2 Å².